The minimum Gasteiger partial charge on any atom is -0.355 e. The zero-order valence-electron chi connectivity index (χ0n) is 8.90. The van der Waals surface area contributed by atoms with Crippen LogP contribution in [0.25, 0.3) is 0 Å². The second kappa shape index (κ2) is 4.24. The lowest BCUT2D eigenvalue weighted by molar-refractivity contribution is 0.00792. The summed E-state index contributed by atoms with van der Waals surface area (Å²) < 4.78 is 7.39. The van der Waals surface area contributed by atoms with Crippen LogP contribution in [-0.4, -0.2) is 15.7 Å². The van der Waals surface area contributed by atoms with E-state index in [2.05, 4.69) is 10.9 Å². The maximum Gasteiger partial charge on any atom is 0.328 e. The van der Waals surface area contributed by atoms with E-state index < -0.39 is 0 Å². The summed E-state index contributed by atoms with van der Waals surface area (Å²) in [6.45, 7) is 1.98. The van der Waals surface area contributed by atoms with Crippen molar-refractivity contribution in [2.45, 2.75) is 32.1 Å². The van der Waals surface area contributed by atoms with Crippen LogP contribution in [-0.2, 0) is 4.74 Å². The van der Waals surface area contributed by atoms with E-state index in [-0.39, 0.29) is 18.0 Å². The molecule has 1 aromatic heterocycles. The van der Waals surface area contributed by atoms with Gasteiger partial charge in [-0.3, -0.25) is 9.55 Å². The van der Waals surface area contributed by atoms with Crippen LogP contribution in [0.5, 0.6) is 0 Å². The maximum atomic E-state index is 11.7. The molecule has 2 unspecified atom stereocenters. The third-order valence-electron chi connectivity index (χ3n) is 2.64. The Morgan fingerprint density at radius 1 is 1.69 bits per heavy atom. The van der Waals surface area contributed by atoms with Crippen LogP contribution < -0.4 is 5.69 Å². The number of nitrogens with zero attached hydrogens (tertiary/aromatic N) is 1. The molecule has 2 atom stereocenters. The average Bonchev–Trinajstić information content (AvgIpc) is 2.65. The molecule has 16 heavy (non-hydrogen) atoms. The number of rotatable bonds is 1. The molecule has 84 valence electrons. The largest absolute Gasteiger partial charge is 0.355 e. The van der Waals surface area contributed by atoms with E-state index in [4.69, 9.17) is 23.4 Å². The third-order valence-corrected chi connectivity index (χ3v) is 2.97. The molecule has 5 heteroatoms. The Balaban J connectivity index is 2.46. The van der Waals surface area contributed by atoms with Gasteiger partial charge in [0, 0.05) is 6.20 Å². The van der Waals surface area contributed by atoms with Crippen molar-refractivity contribution in [3.63, 3.8) is 0 Å². The summed E-state index contributed by atoms with van der Waals surface area (Å²) in [6, 6.07) is 0. The van der Waals surface area contributed by atoms with Gasteiger partial charge in [-0.05, 0) is 19.8 Å². The van der Waals surface area contributed by atoms with E-state index in [0.29, 0.717) is 10.2 Å². The Hall–Kier alpha value is -1.38. The van der Waals surface area contributed by atoms with E-state index in [1.807, 2.05) is 6.92 Å². The van der Waals surface area contributed by atoms with Crippen molar-refractivity contribution < 1.29 is 4.74 Å². The summed E-state index contributed by atoms with van der Waals surface area (Å²) in [4.78, 5) is 14.2. The first-order valence-electron chi connectivity index (χ1n) is 5.09. The van der Waals surface area contributed by atoms with Gasteiger partial charge in [-0.1, -0.05) is 18.1 Å². The predicted molar refractivity (Wildman–Crippen MR) is 62.6 cm³/mol. The van der Waals surface area contributed by atoms with Crippen molar-refractivity contribution in [2.24, 2.45) is 0 Å². The van der Waals surface area contributed by atoms with Crippen molar-refractivity contribution in [3.8, 4) is 12.3 Å². The second-order valence-electron chi connectivity index (χ2n) is 3.83. The van der Waals surface area contributed by atoms with Crippen LogP contribution in [0.2, 0.25) is 0 Å². The number of nitrogens with one attached hydrogen (secondary N) is 1. The number of hydrogen-bond acceptors (Lipinski definition) is 3. The van der Waals surface area contributed by atoms with Crippen LogP contribution in [0.4, 0.5) is 0 Å². The van der Waals surface area contributed by atoms with E-state index in [1.165, 1.54) is 4.57 Å². The zero-order valence-corrected chi connectivity index (χ0v) is 9.71. The number of ether oxygens (including phenoxy) is 1. The maximum absolute atomic E-state index is 11.7. The molecule has 1 saturated heterocycles. The average molecular weight is 236 g/mol. The molecule has 1 N–H and O–H groups in total. The summed E-state index contributed by atoms with van der Waals surface area (Å²) in [5.41, 5.74) is 0.237. The first kappa shape index (κ1) is 11.1. The normalized spacial score (nSPS) is 24.2. The second-order valence-corrected chi connectivity index (χ2v) is 4.24. The molecule has 0 aliphatic carbocycles. The molecule has 4 nitrogen and oxygen atoms in total. The van der Waals surface area contributed by atoms with Crippen LogP contribution in [0.3, 0.4) is 0 Å². The lowest BCUT2D eigenvalue weighted by Gasteiger charge is -2.14. The van der Waals surface area contributed by atoms with Gasteiger partial charge in [0.1, 0.15) is 10.9 Å². The van der Waals surface area contributed by atoms with Crippen LogP contribution in [0.1, 0.15) is 31.6 Å². The van der Waals surface area contributed by atoms with Crippen molar-refractivity contribution in [1.29, 1.82) is 0 Å². The molecule has 0 bridgehead atoms. The van der Waals surface area contributed by atoms with E-state index >= 15 is 0 Å². The van der Waals surface area contributed by atoms with Gasteiger partial charge in [0.25, 0.3) is 0 Å². The molecule has 0 saturated carbocycles. The minimum atomic E-state index is -0.275. The summed E-state index contributed by atoms with van der Waals surface area (Å²) in [5, 5.41) is 0. The van der Waals surface area contributed by atoms with E-state index in [0.717, 1.165) is 12.8 Å². The molecule has 0 spiro atoms. The highest BCUT2D eigenvalue weighted by atomic mass is 32.1. The number of aromatic amines is 1. The molecule has 0 radical (unpaired) electrons. The Labute approximate surface area is 98.3 Å². The number of hydrogen-bond donors (Lipinski definition) is 1. The van der Waals surface area contributed by atoms with Crippen molar-refractivity contribution in [3.05, 3.63) is 26.9 Å². The molecule has 2 heterocycles. The van der Waals surface area contributed by atoms with Crippen LogP contribution in [0.15, 0.2) is 11.0 Å². The SMILES string of the molecule is C#Cc1cn(C2CCC(C)O2)c(=O)[nH]c1=S. The molecular weight excluding hydrogens is 224 g/mol. The lowest BCUT2D eigenvalue weighted by atomic mass is 10.2. The van der Waals surface area contributed by atoms with E-state index in [9.17, 15) is 4.79 Å². The highest BCUT2D eigenvalue weighted by Gasteiger charge is 2.24. The monoisotopic (exact) mass is 236 g/mol. The fourth-order valence-corrected chi connectivity index (χ4v) is 1.99. The summed E-state index contributed by atoms with van der Waals surface area (Å²) >= 11 is 4.94. The molecule has 1 aliphatic rings. The fraction of sp³-hybridized carbons (Fsp3) is 0.455. The van der Waals surface area contributed by atoms with Crippen molar-refractivity contribution in [1.82, 2.24) is 9.55 Å². The van der Waals surface area contributed by atoms with Gasteiger partial charge in [-0.25, -0.2) is 4.79 Å². The van der Waals surface area contributed by atoms with Gasteiger partial charge in [0.2, 0.25) is 0 Å². The summed E-state index contributed by atoms with van der Waals surface area (Å²) in [6.07, 6.45) is 8.59. The van der Waals surface area contributed by atoms with Crippen molar-refractivity contribution >= 4 is 12.2 Å². The molecule has 1 aromatic rings. The highest BCUT2D eigenvalue weighted by Crippen LogP contribution is 2.26. The van der Waals surface area contributed by atoms with Gasteiger partial charge in [0.05, 0.1) is 11.7 Å². The van der Waals surface area contributed by atoms with Gasteiger partial charge < -0.3 is 4.74 Å². The third kappa shape index (κ3) is 1.94. The smallest absolute Gasteiger partial charge is 0.328 e. The Morgan fingerprint density at radius 3 is 3.00 bits per heavy atom. The number of H-pyrrole nitrogens is 1. The fourth-order valence-electron chi connectivity index (χ4n) is 1.79. The van der Waals surface area contributed by atoms with Crippen LogP contribution >= 0.6 is 12.2 Å². The minimum absolute atomic E-state index is 0.175. The van der Waals surface area contributed by atoms with Gasteiger partial charge in [-0.2, -0.15) is 0 Å². The Morgan fingerprint density at radius 2 is 2.44 bits per heavy atom. The summed E-state index contributed by atoms with van der Waals surface area (Å²) in [5.74, 6) is 2.45. The molecular formula is C11H12N2O2S. The quantitative estimate of drug-likeness (QED) is 0.595. The predicted octanol–water partition coefficient (Wildman–Crippen LogP) is 1.58. The first-order valence-corrected chi connectivity index (χ1v) is 5.50. The van der Waals surface area contributed by atoms with Gasteiger partial charge in [0.15, 0.2) is 0 Å². The zero-order chi connectivity index (χ0) is 11.7. The van der Waals surface area contributed by atoms with Crippen LogP contribution in [0, 0.1) is 17.0 Å². The summed E-state index contributed by atoms with van der Waals surface area (Å²) in [7, 11) is 0. The molecule has 1 aliphatic heterocycles. The highest BCUT2D eigenvalue weighted by molar-refractivity contribution is 7.71. The van der Waals surface area contributed by atoms with Crippen molar-refractivity contribution in [2.75, 3.05) is 0 Å². The lowest BCUT2D eigenvalue weighted by Crippen LogP contribution is -2.27. The molecule has 0 amide bonds. The number of aromatic nitrogens is 2. The molecule has 1 fully saturated rings. The Bertz CT molecular complexity index is 552. The van der Waals surface area contributed by atoms with Gasteiger partial charge in [-0.15, -0.1) is 6.42 Å². The number of terminal acetylenes is 1. The topological polar surface area (TPSA) is 47.0 Å². The molecule has 2 rings (SSSR count). The standard InChI is InChI=1S/C11H12N2O2S/c1-3-8-6-13(11(14)12-10(8)16)9-5-4-7(2)15-9/h1,6-7,9H,4-5H2,2H3,(H,12,14,16). The van der Waals surface area contributed by atoms with E-state index in [1.54, 1.807) is 6.20 Å². The van der Waals surface area contributed by atoms with Gasteiger partial charge >= 0.3 is 5.69 Å². The first-order chi connectivity index (χ1) is 7.61. The molecule has 0 aromatic carbocycles. The Kier molecular flexibility index (Phi) is 2.95.